The highest BCUT2D eigenvalue weighted by Crippen LogP contribution is 2.39. The molecule has 120 valence electrons. The van der Waals surface area contributed by atoms with Crippen LogP contribution in [0.5, 0.6) is 0 Å². The predicted molar refractivity (Wildman–Crippen MR) is 108 cm³/mol. The van der Waals surface area contributed by atoms with E-state index in [0.29, 0.717) is 0 Å². The van der Waals surface area contributed by atoms with Crippen LogP contribution in [0.25, 0.3) is 31.3 Å². The van der Waals surface area contributed by atoms with Gasteiger partial charge in [-0.25, -0.2) is 0 Å². The topological polar surface area (TPSA) is 20.2 Å². The molecule has 0 aliphatic rings. The Morgan fingerprint density at radius 1 is 0.875 bits per heavy atom. The zero-order valence-corrected chi connectivity index (χ0v) is 15.9. The molecule has 1 N–H and O–H groups in total. The molecule has 0 spiro atoms. The first-order valence-corrected chi connectivity index (χ1v) is 9.48. The summed E-state index contributed by atoms with van der Waals surface area (Å²) in [6.45, 7) is 3.67. The van der Waals surface area contributed by atoms with E-state index in [1.54, 1.807) is 0 Å². The van der Waals surface area contributed by atoms with Gasteiger partial charge in [-0.05, 0) is 60.9 Å². The molecule has 3 aromatic carbocycles. The third-order valence-corrected chi connectivity index (χ3v) is 5.97. The van der Waals surface area contributed by atoms with E-state index in [9.17, 15) is 5.11 Å². The molecule has 0 atom stereocenters. The molecule has 4 rings (SSSR count). The zero-order chi connectivity index (χ0) is 16.9. The fourth-order valence-electron chi connectivity index (χ4n) is 3.19. The molecule has 1 nitrogen and oxygen atoms in total. The Kier molecular flexibility index (Phi) is 3.75. The number of aliphatic hydroxyl groups is 1. The van der Waals surface area contributed by atoms with E-state index in [0.717, 1.165) is 21.2 Å². The number of fused-ring (bicyclic) bond motifs is 3. The molecule has 0 radical (unpaired) electrons. The van der Waals surface area contributed by atoms with Crippen molar-refractivity contribution >= 4 is 47.4 Å². The van der Waals surface area contributed by atoms with Gasteiger partial charge < -0.3 is 5.11 Å². The lowest BCUT2D eigenvalue weighted by molar-refractivity contribution is 0.0792. The highest BCUT2D eigenvalue weighted by molar-refractivity contribution is 9.10. The predicted octanol–water partition coefficient (Wildman–Crippen LogP) is 6.71. The second-order valence-corrected chi connectivity index (χ2v) is 8.56. The van der Waals surface area contributed by atoms with E-state index in [-0.39, 0.29) is 0 Å². The van der Waals surface area contributed by atoms with Crippen LogP contribution in [0.4, 0.5) is 0 Å². The third-order valence-electron chi connectivity index (χ3n) is 4.33. The summed E-state index contributed by atoms with van der Waals surface area (Å²) in [6, 6.07) is 21.1. The lowest BCUT2D eigenvalue weighted by Gasteiger charge is -2.21. The summed E-state index contributed by atoms with van der Waals surface area (Å²) in [6.07, 6.45) is 0. The lowest BCUT2D eigenvalue weighted by atomic mass is 9.89. The van der Waals surface area contributed by atoms with Crippen molar-refractivity contribution in [3.8, 4) is 11.1 Å². The summed E-state index contributed by atoms with van der Waals surface area (Å²) < 4.78 is 3.67. The van der Waals surface area contributed by atoms with Gasteiger partial charge in [-0.3, -0.25) is 0 Å². The summed E-state index contributed by atoms with van der Waals surface area (Å²) >= 11 is 5.39. The lowest BCUT2D eigenvalue weighted by Crippen LogP contribution is -2.16. The van der Waals surface area contributed by atoms with Crippen molar-refractivity contribution in [3.05, 3.63) is 70.7 Å². The van der Waals surface area contributed by atoms with E-state index < -0.39 is 5.60 Å². The monoisotopic (exact) mass is 396 g/mol. The third kappa shape index (κ3) is 2.67. The number of benzene rings is 3. The summed E-state index contributed by atoms with van der Waals surface area (Å²) in [5.41, 5.74) is 2.30. The van der Waals surface area contributed by atoms with E-state index in [1.807, 2.05) is 43.4 Å². The fraction of sp³-hybridized carbons (Fsp3) is 0.143. The molecule has 0 bridgehead atoms. The first-order valence-electron chi connectivity index (χ1n) is 7.87. The minimum Gasteiger partial charge on any atom is -0.386 e. The fourth-order valence-corrected chi connectivity index (χ4v) is 4.61. The smallest absolute Gasteiger partial charge is 0.0846 e. The number of hydrogen-bond acceptors (Lipinski definition) is 2. The number of halogens is 1. The van der Waals surface area contributed by atoms with Crippen molar-refractivity contribution in [2.24, 2.45) is 0 Å². The van der Waals surface area contributed by atoms with Crippen molar-refractivity contribution in [1.82, 2.24) is 0 Å². The van der Waals surface area contributed by atoms with Crippen molar-refractivity contribution in [2.45, 2.75) is 19.4 Å². The van der Waals surface area contributed by atoms with Crippen molar-refractivity contribution in [3.63, 3.8) is 0 Å². The Hall–Kier alpha value is -1.68. The van der Waals surface area contributed by atoms with Crippen LogP contribution in [0.1, 0.15) is 19.4 Å². The van der Waals surface area contributed by atoms with Gasteiger partial charge in [0.15, 0.2) is 0 Å². The highest BCUT2D eigenvalue weighted by atomic mass is 79.9. The van der Waals surface area contributed by atoms with Gasteiger partial charge in [0.25, 0.3) is 0 Å². The summed E-state index contributed by atoms with van der Waals surface area (Å²) in [7, 11) is 0. The van der Waals surface area contributed by atoms with Gasteiger partial charge in [-0.1, -0.05) is 46.3 Å². The van der Waals surface area contributed by atoms with Crippen molar-refractivity contribution in [2.75, 3.05) is 0 Å². The van der Waals surface area contributed by atoms with E-state index in [2.05, 4.69) is 58.4 Å². The molecule has 0 saturated heterocycles. The number of thiophene rings is 1. The van der Waals surface area contributed by atoms with Crippen molar-refractivity contribution in [1.29, 1.82) is 0 Å². The largest absolute Gasteiger partial charge is 0.386 e. The zero-order valence-electron chi connectivity index (χ0n) is 13.5. The second-order valence-electron chi connectivity index (χ2n) is 6.56. The summed E-state index contributed by atoms with van der Waals surface area (Å²) in [4.78, 5) is 0. The van der Waals surface area contributed by atoms with Gasteiger partial charge in [-0.15, -0.1) is 11.3 Å². The first-order chi connectivity index (χ1) is 11.4. The molecule has 3 heteroatoms. The Labute approximate surface area is 153 Å². The molecule has 1 heterocycles. The van der Waals surface area contributed by atoms with Crippen LogP contribution in [-0.2, 0) is 5.60 Å². The number of hydrogen-bond donors (Lipinski definition) is 1. The Morgan fingerprint density at radius 3 is 2.29 bits per heavy atom. The molecule has 0 amide bonds. The van der Waals surface area contributed by atoms with Gasteiger partial charge in [0.05, 0.1) is 5.60 Å². The van der Waals surface area contributed by atoms with Crippen LogP contribution in [0.2, 0.25) is 0 Å². The van der Waals surface area contributed by atoms with Crippen LogP contribution in [0, 0.1) is 0 Å². The molecular weight excluding hydrogens is 380 g/mol. The Morgan fingerprint density at radius 2 is 1.54 bits per heavy atom. The number of rotatable bonds is 2. The van der Waals surface area contributed by atoms with Crippen LogP contribution in [-0.4, -0.2) is 5.11 Å². The van der Waals surface area contributed by atoms with E-state index >= 15 is 0 Å². The van der Waals surface area contributed by atoms with E-state index in [1.165, 1.54) is 20.2 Å². The van der Waals surface area contributed by atoms with Gasteiger partial charge in [0.2, 0.25) is 0 Å². The van der Waals surface area contributed by atoms with Gasteiger partial charge in [-0.2, -0.15) is 0 Å². The molecule has 0 saturated carbocycles. The van der Waals surface area contributed by atoms with Gasteiger partial charge >= 0.3 is 0 Å². The minimum absolute atomic E-state index is 0.870. The summed E-state index contributed by atoms with van der Waals surface area (Å²) in [5, 5.41) is 13.0. The first kappa shape index (κ1) is 15.8. The molecule has 0 aliphatic heterocycles. The van der Waals surface area contributed by atoms with E-state index in [4.69, 9.17) is 0 Å². The maximum absolute atomic E-state index is 10.5. The molecular formula is C21H17BrOS. The maximum Gasteiger partial charge on any atom is 0.0846 e. The average Bonchev–Trinajstić information content (AvgIpc) is 2.91. The highest BCUT2D eigenvalue weighted by Gasteiger charge is 2.20. The molecule has 4 aromatic rings. The van der Waals surface area contributed by atoms with Gasteiger partial charge in [0, 0.05) is 24.6 Å². The van der Waals surface area contributed by atoms with Crippen LogP contribution in [0.15, 0.2) is 65.1 Å². The Balaban J connectivity index is 1.99. The van der Waals surface area contributed by atoms with Crippen LogP contribution < -0.4 is 0 Å². The minimum atomic E-state index is -0.870. The van der Waals surface area contributed by atoms with Gasteiger partial charge in [0.1, 0.15) is 0 Å². The Bertz CT molecular complexity index is 1060. The van der Waals surface area contributed by atoms with Crippen LogP contribution in [0.3, 0.4) is 0 Å². The molecule has 0 fully saturated rings. The second kappa shape index (κ2) is 5.69. The maximum atomic E-state index is 10.5. The standard InChI is InChI=1S/C21H17BrOS/c1-21(2,23)18-6-4-3-5-15(18)13-7-9-19-16(11-13)17-12-14(22)8-10-20(17)24-19/h3-12,23H,1-2H3. The molecule has 24 heavy (non-hydrogen) atoms. The molecule has 1 aromatic heterocycles. The molecule has 0 aliphatic carbocycles. The normalized spacial score (nSPS) is 12.2. The SMILES string of the molecule is CC(C)(O)c1ccccc1-c1ccc2sc3ccc(Br)cc3c2c1. The van der Waals surface area contributed by atoms with Crippen LogP contribution >= 0.6 is 27.3 Å². The average molecular weight is 397 g/mol. The van der Waals surface area contributed by atoms with Crippen molar-refractivity contribution < 1.29 is 5.11 Å². The summed E-state index contributed by atoms with van der Waals surface area (Å²) in [5.74, 6) is 0. The quantitative estimate of drug-likeness (QED) is 0.399. The molecule has 0 unspecified atom stereocenters.